The number of anilines is 1. The Morgan fingerprint density at radius 3 is 2.62 bits per heavy atom. The number of amides is 1. The summed E-state index contributed by atoms with van der Waals surface area (Å²) in [5.41, 5.74) is 0.694. The molecule has 2 bridgehead atoms. The summed E-state index contributed by atoms with van der Waals surface area (Å²) in [6, 6.07) is 7.95. The van der Waals surface area contributed by atoms with Gasteiger partial charge in [0.15, 0.2) is 5.78 Å². The van der Waals surface area contributed by atoms with Gasteiger partial charge in [-0.25, -0.2) is 9.18 Å². The summed E-state index contributed by atoms with van der Waals surface area (Å²) in [5, 5.41) is 9.90. The number of Topliss-reactive ketones (excluding diaryl/α,β-unsaturated/α-hetero) is 1. The maximum atomic E-state index is 15.4. The number of carbonyl (C=O) groups is 2. The summed E-state index contributed by atoms with van der Waals surface area (Å²) in [7, 11) is 0. The molecule has 5 aliphatic rings. The van der Waals surface area contributed by atoms with Crippen molar-refractivity contribution in [3.05, 3.63) is 29.6 Å². The van der Waals surface area contributed by atoms with Gasteiger partial charge in [-0.1, -0.05) is 6.07 Å². The normalized spacial score (nSPS) is 30.7. The van der Waals surface area contributed by atoms with Gasteiger partial charge in [0.05, 0.1) is 37.3 Å². The fourth-order valence-corrected chi connectivity index (χ4v) is 7.70. The lowest BCUT2D eigenvalue weighted by Crippen LogP contribution is -2.51. The van der Waals surface area contributed by atoms with Crippen LogP contribution in [0.5, 0.6) is 0 Å². The van der Waals surface area contributed by atoms with Crippen molar-refractivity contribution in [2.45, 2.75) is 89.1 Å². The van der Waals surface area contributed by atoms with Gasteiger partial charge in [-0.15, -0.1) is 0 Å². The second-order valence-corrected chi connectivity index (χ2v) is 13.5. The van der Waals surface area contributed by atoms with Crippen LogP contribution >= 0.6 is 0 Å². The molecule has 0 N–H and O–H groups in total. The van der Waals surface area contributed by atoms with E-state index >= 15 is 4.39 Å². The number of fused-ring (bicyclic) bond motifs is 3. The number of halogens is 1. The van der Waals surface area contributed by atoms with Gasteiger partial charge in [0, 0.05) is 43.8 Å². The number of carbonyl (C=O) groups excluding carboxylic acids is 2. The van der Waals surface area contributed by atoms with E-state index in [2.05, 4.69) is 15.9 Å². The number of ketones is 1. The summed E-state index contributed by atoms with van der Waals surface area (Å²) in [6.45, 7) is 10.1. The van der Waals surface area contributed by atoms with Gasteiger partial charge < -0.3 is 14.4 Å². The SMILES string of the molecule is CC(C)(C)OC(=O)N1[C@@H]2CC[C@@H](C2)[C@H]1C(=O)C[C@H](C#N)Cc1ccc(N2CCC3CN(C4COC4)CC32)cc1F. The molecule has 1 aromatic carbocycles. The zero-order chi connectivity index (χ0) is 28.2. The van der Waals surface area contributed by atoms with Crippen molar-refractivity contribution in [3.63, 3.8) is 0 Å². The lowest BCUT2D eigenvalue weighted by Gasteiger charge is -2.36. The molecule has 1 aliphatic carbocycles. The van der Waals surface area contributed by atoms with E-state index in [1.165, 1.54) is 0 Å². The Balaban J connectivity index is 1.10. The third-order valence-corrected chi connectivity index (χ3v) is 9.70. The molecule has 0 radical (unpaired) electrons. The van der Waals surface area contributed by atoms with Gasteiger partial charge >= 0.3 is 6.09 Å². The highest BCUT2D eigenvalue weighted by Gasteiger charge is 2.52. The monoisotopic (exact) mass is 552 g/mol. The van der Waals surface area contributed by atoms with E-state index in [1.54, 1.807) is 17.0 Å². The van der Waals surface area contributed by atoms with E-state index < -0.39 is 23.7 Å². The first kappa shape index (κ1) is 27.5. The predicted molar refractivity (Wildman–Crippen MR) is 147 cm³/mol. The maximum absolute atomic E-state index is 15.4. The second kappa shape index (κ2) is 10.6. The van der Waals surface area contributed by atoms with Gasteiger partial charge in [0.2, 0.25) is 0 Å². The molecule has 2 unspecified atom stereocenters. The van der Waals surface area contributed by atoms with Gasteiger partial charge in [-0.3, -0.25) is 14.6 Å². The van der Waals surface area contributed by atoms with Crippen molar-refractivity contribution >= 4 is 17.6 Å². The molecule has 40 heavy (non-hydrogen) atoms. The average Bonchev–Trinajstić information content (AvgIpc) is 3.63. The zero-order valence-electron chi connectivity index (χ0n) is 23.9. The van der Waals surface area contributed by atoms with Crippen molar-refractivity contribution in [1.29, 1.82) is 5.26 Å². The molecular weight excluding hydrogens is 511 g/mol. The minimum absolute atomic E-state index is 0.00146. The lowest BCUT2D eigenvalue weighted by atomic mass is 9.88. The van der Waals surface area contributed by atoms with Crippen molar-refractivity contribution in [2.24, 2.45) is 17.8 Å². The Morgan fingerprint density at radius 2 is 1.95 bits per heavy atom. The highest BCUT2D eigenvalue weighted by Crippen LogP contribution is 2.44. The molecule has 5 fully saturated rings. The standard InChI is InChI=1S/C31H41FN4O4/c1-31(2,3)40-30(38)36-24-7-5-21(12-24)29(36)28(37)11-19(14-33)10-20-4-6-23(13-26(20)32)35-9-8-22-15-34(16-27(22)35)25-17-39-18-25/h4,6,13,19,21-22,24-25,27,29H,5,7-12,15-18H2,1-3H3/t19-,21+,22?,24-,27?,29+/m1/s1. The first-order valence-corrected chi connectivity index (χ1v) is 14.9. The topological polar surface area (TPSA) is 86.1 Å². The Kier molecular flexibility index (Phi) is 7.28. The molecule has 4 heterocycles. The van der Waals surface area contributed by atoms with E-state index in [1.807, 2.05) is 26.8 Å². The Bertz CT molecular complexity index is 1190. The van der Waals surface area contributed by atoms with Crippen LogP contribution in [0.1, 0.15) is 58.4 Å². The highest BCUT2D eigenvalue weighted by molar-refractivity contribution is 5.89. The molecule has 4 aliphatic heterocycles. The third kappa shape index (κ3) is 5.21. The third-order valence-electron chi connectivity index (χ3n) is 9.70. The second-order valence-electron chi connectivity index (χ2n) is 13.5. The van der Waals surface area contributed by atoms with E-state index in [9.17, 15) is 14.9 Å². The smallest absolute Gasteiger partial charge is 0.411 e. The molecule has 0 aromatic heterocycles. The van der Waals surface area contributed by atoms with E-state index in [-0.39, 0.29) is 36.4 Å². The number of hydrogen-bond donors (Lipinski definition) is 0. The number of likely N-dealkylation sites (tertiary alicyclic amines) is 2. The molecule has 4 saturated heterocycles. The molecule has 0 spiro atoms. The molecule has 6 rings (SSSR count). The Hall–Kier alpha value is -2.70. The molecular formula is C31H41FN4O4. The number of rotatable bonds is 7. The zero-order valence-corrected chi connectivity index (χ0v) is 23.9. The molecule has 8 nitrogen and oxygen atoms in total. The van der Waals surface area contributed by atoms with Gasteiger partial charge in [0.1, 0.15) is 11.4 Å². The number of nitrogens with zero attached hydrogens (tertiary/aromatic N) is 4. The summed E-state index contributed by atoms with van der Waals surface area (Å²) in [5.74, 6) is -0.397. The minimum Gasteiger partial charge on any atom is -0.444 e. The number of hydrogen-bond acceptors (Lipinski definition) is 7. The van der Waals surface area contributed by atoms with Crippen molar-refractivity contribution < 1.29 is 23.5 Å². The van der Waals surface area contributed by atoms with Crippen molar-refractivity contribution in [2.75, 3.05) is 37.7 Å². The molecule has 1 saturated carbocycles. The number of piperidine rings is 1. The Morgan fingerprint density at radius 1 is 1.15 bits per heavy atom. The van der Waals surface area contributed by atoms with Crippen LogP contribution in [0.3, 0.4) is 0 Å². The van der Waals surface area contributed by atoms with Crippen LogP contribution < -0.4 is 4.90 Å². The average molecular weight is 553 g/mol. The number of nitriles is 1. The number of ether oxygens (including phenoxy) is 2. The fourth-order valence-electron chi connectivity index (χ4n) is 7.70. The van der Waals surface area contributed by atoms with E-state index in [4.69, 9.17) is 9.47 Å². The van der Waals surface area contributed by atoms with E-state index in [0.29, 0.717) is 23.6 Å². The quantitative estimate of drug-likeness (QED) is 0.502. The van der Waals surface area contributed by atoms with Crippen LogP contribution in [0, 0.1) is 34.9 Å². The lowest BCUT2D eigenvalue weighted by molar-refractivity contribution is -0.126. The summed E-state index contributed by atoms with van der Waals surface area (Å²) < 4.78 is 26.4. The van der Waals surface area contributed by atoms with Crippen LogP contribution in [-0.2, 0) is 20.7 Å². The number of benzene rings is 1. The summed E-state index contributed by atoms with van der Waals surface area (Å²) in [6.07, 6.45) is 3.40. The summed E-state index contributed by atoms with van der Waals surface area (Å²) >= 11 is 0. The van der Waals surface area contributed by atoms with Crippen LogP contribution in [0.2, 0.25) is 0 Å². The highest BCUT2D eigenvalue weighted by atomic mass is 19.1. The van der Waals surface area contributed by atoms with Gasteiger partial charge in [0.25, 0.3) is 0 Å². The molecule has 216 valence electrons. The van der Waals surface area contributed by atoms with Gasteiger partial charge in [-0.2, -0.15) is 5.26 Å². The molecule has 6 atom stereocenters. The first-order chi connectivity index (χ1) is 19.1. The summed E-state index contributed by atoms with van der Waals surface area (Å²) in [4.78, 5) is 32.9. The van der Waals surface area contributed by atoms with Crippen LogP contribution in [-0.4, -0.2) is 84.3 Å². The predicted octanol–water partition coefficient (Wildman–Crippen LogP) is 4.16. The van der Waals surface area contributed by atoms with E-state index in [0.717, 1.165) is 64.2 Å². The fraction of sp³-hybridized carbons (Fsp3) is 0.710. The van der Waals surface area contributed by atoms with Gasteiger partial charge in [-0.05, 0) is 82.4 Å². The molecule has 9 heteroatoms. The largest absolute Gasteiger partial charge is 0.444 e. The van der Waals surface area contributed by atoms with Crippen LogP contribution in [0.25, 0.3) is 0 Å². The van der Waals surface area contributed by atoms with Crippen LogP contribution in [0.15, 0.2) is 18.2 Å². The molecule has 1 amide bonds. The molecule has 1 aromatic rings. The first-order valence-electron chi connectivity index (χ1n) is 14.9. The van der Waals surface area contributed by atoms with Crippen LogP contribution in [0.4, 0.5) is 14.9 Å². The minimum atomic E-state index is -0.656. The van der Waals surface area contributed by atoms with Crippen molar-refractivity contribution in [1.82, 2.24) is 9.80 Å². The maximum Gasteiger partial charge on any atom is 0.411 e. The van der Waals surface area contributed by atoms with Crippen molar-refractivity contribution in [3.8, 4) is 6.07 Å². The Labute approximate surface area is 236 Å².